The second kappa shape index (κ2) is 8.66. The van der Waals surface area contributed by atoms with Crippen molar-refractivity contribution in [3.63, 3.8) is 0 Å². The molecule has 0 unspecified atom stereocenters. The number of rotatable bonds is 8. The molecule has 0 aromatic heterocycles. The minimum Gasteiger partial charge on any atom is -0.377 e. The standard InChI is InChI=1S/C14H21NO3/c1-12(2)18-11-10-17-9-8-15-14(16)13-6-4-3-5-7-13/h3-7,12H,8-11H2,1-2H3,(H,15,16). The Morgan fingerprint density at radius 2 is 1.89 bits per heavy atom. The van der Waals surface area contributed by atoms with E-state index < -0.39 is 0 Å². The first-order valence-corrected chi connectivity index (χ1v) is 6.22. The number of ether oxygens (including phenoxy) is 2. The van der Waals surface area contributed by atoms with Gasteiger partial charge in [0.2, 0.25) is 0 Å². The number of benzene rings is 1. The van der Waals surface area contributed by atoms with Gasteiger partial charge in [0, 0.05) is 12.1 Å². The van der Waals surface area contributed by atoms with Gasteiger partial charge >= 0.3 is 0 Å². The molecule has 100 valence electrons. The van der Waals surface area contributed by atoms with Crippen LogP contribution in [0.15, 0.2) is 30.3 Å². The largest absolute Gasteiger partial charge is 0.377 e. The molecule has 0 spiro atoms. The summed E-state index contributed by atoms with van der Waals surface area (Å²) < 4.78 is 10.7. The van der Waals surface area contributed by atoms with Crippen molar-refractivity contribution in [3.8, 4) is 0 Å². The van der Waals surface area contributed by atoms with Gasteiger partial charge in [-0.3, -0.25) is 4.79 Å². The molecule has 0 heterocycles. The van der Waals surface area contributed by atoms with Crippen LogP contribution in [0, 0.1) is 0 Å². The molecule has 1 N–H and O–H groups in total. The van der Waals surface area contributed by atoms with Crippen LogP contribution in [-0.2, 0) is 9.47 Å². The Hall–Kier alpha value is -1.39. The molecular weight excluding hydrogens is 230 g/mol. The Kier molecular flexibility index (Phi) is 7.06. The van der Waals surface area contributed by atoms with Crippen molar-refractivity contribution < 1.29 is 14.3 Å². The summed E-state index contributed by atoms with van der Waals surface area (Å²) in [6.45, 7) is 6.12. The SMILES string of the molecule is CC(C)OCCOCCNC(=O)c1ccccc1. The predicted molar refractivity (Wildman–Crippen MR) is 70.7 cm³/mol. The Morgan fingerprint density at radius 1 is 1.17 bits per heavy atom. The zero-order chi connectivity index (χ0) is 13.2. The molecule has 0 bridgehead atoms. The van der Waals surface area contributed by atoms with Gasteiger partial charge in [-0.1, -0.05) is 18.2 Å². The van der Waals surface area contributed by atoms with Crippen molar-refractivity contribution in [2.45, 2.75) is 20.0 Å². The molecular formula is C14H21NO3. The normalized spacial score (nSPS) is 10.6. The van der Waals surface area contributed by atoms with Gasteiger partial charge in [0.05, 0.1) is 25.9 Å². The smallest absolute Gasteiger partial charge is 0.251 e. The maximum absolute atomic E-state index is 11.6. The molecule has 0 aliphatic rings. The fraction of sp³-hybridized carbons (Fsp3) is 0.500. The fourth-order valence-electron chi connectivity index (χ4n) is 1.37. The van der Waals surface area contributed by atoms with Gasteiger partial charge in [-0.25, -0.2) is 0 Å². The summed E-state index contributed by atoms with van der Waals surface area (Å²) >= 11 is 0. The first-order valence-electron chi connectivity index (χ1n) is 6.22. The molecule has 0 aliphatic carbocycles. The predicted octanol–water partition coefficient (Wildman–Crippen LogP) is 1.86. The first-order chi connectivity index (χ1) is 8.70. The lowest BCUT2D eigenvalue weighted by Gasteiger charge is -2.08. The highest BCUT2D eigenvalue weighted by Crippen LogP contribution is 1.97. The number of nitrogens with one attached hydrogen (secondary N) is 1. The van der Waals surface area contributed by atoms with Crippen molar-refractivity contribution in [1.82, 2.24) is 5.32 Å². The van der Waals surface area contributed by atoms with Crippen LogP contribution in [0.2, 0.25) is 0 Å². The topological polar surface area (TPSA) is 47.6 Å². The number of hydrogen-bond donors (Lipinski definition) is 1. The van der Waals surface area contributed by atoms with Crippen LogP contribution in [0.3, 0.4) is 0 Å². The van der Waals surface area contributed by atoms with Crippen molar-refractivity contribution >= 4 is 5.91 Å². The molecule has 0 fully saturated rings. The van der Waals surface area contributed by atoms with Gasteiger partial charge < -0.3 is 14.8 Å². The average Bonchev–Trinajstić information content (AvgIpc) is 2.38. The van der Waals surface area contributed by atoms with Gasteiger partial charge in [0.25, 0.3) is 5.91 Å². The number of carbonyl (C=O) groups is 1. The molecule has 0 atom stereocenters. The number of hydrogen-bond acceptors (Lipinski definition) is 3. The molecule has 0 aliphatic heterocycles. The third-order valence-corrected chi connectivity index (χ3v) is 2.25. The Morgan fingerprint density at radius 3 is 2.56 bits per heavy atom. The van der Waals surface area contributed by atoms with Crippen molar-refractivity contribution in [1.29, 1.82) is 0 Å². The maximum atomic E-state index is 11.6. The third kappa shape index (κ3) is 6.37. The van der Waals surface area contributed by atoms with Crippen LogP contribution in [0.25, 0.3) is 0 Å². The molecule has 1 rings (SSSR count). The fourth-order valence-corrected chi connectivity index (χ4v) is 1.37. The van der Waals surface area contributed by atoms with Gasteiger partial charge in [-0.2, -0.15) is 0 Å². The Balaban J connectivity index is 2.03. The van der Waals surface area contributed by atoms with Gasteiger partial charge in [0.1, 0.15) is 0 Å². The van der Waals surface area contributed by atoms with E-state index in [4.69, 9.17) is 9.47 Å². The summed E-state index contributed by atoms with van der Waals surface area (Å²) in [4.78, 5) is 11.6. The third-order valence-electron chi connectivity index (χ3n) is 2.25. The maximum Gasteiger partial charge on any atom is 0.251 e. The van der Waals surface area contributed by atoms with E-state index in [1.54, 1.807) is 12.1 Å². The van der Waals surface area contributed by atoms with E-state index in [1.165, 1.54) is 0 Å². The van der Waals surface area contributed by atoms with Crippen molar-refractivity contribution in [2.75, 3.05) is 26.4 Å². The summed E-state index contributed by atoms with van der Waals surface area (Å²) in [7, 11) is 0. The molecule has 0 saturated heterocycles. The van der Waals surface area contributed by atoms with E-state index in [1.807, 2.05) is 32.0 Å². The van der Waals surface area contributed by atoms with Crippen LogP contribution >= 0.6 is 0 Å². The molecule has 4 nitrogen and oxygen atoms in total. The van der Waals surface area contributed by atoms with Crippen molar-refractivity contribution in [3.05, 3.63) is 35.9 Å². The highest BCUT2D eigenvalue weighted by molar-refractivity contribution is 5.94. The molecule has 0 saturated carbocycles. The van der Waals surface area contributed by atoms with Crippen LogP contribution < -0.4 is 5.32 Å². The van der Waals surface area contributed by atoms with Gasteiger partial charge in [0.15, 0.2) is 0 Å². The zero-order valence-electron chi connectivity index (χ0n) is 11.0. The summed E-state index contributed by atoms with van der Waals surface area (Å²) in [5.74, 6) is -0.0716. The minimum absolute atomic E-state index is 0.0716. The second-order valence-electron chi connectivity index (χ2n) is 4.15. The van der Waals surface area contributed by atoms with Crippen LogP contribution in [0.5, 0.6) is 0 Å². The summed E-state index contributed by atoms with van der Waals surface area (Å²) in [5, 5.41) is 2.79. The highest BCUT2D eigenvalue weighted by atomic mass is 16.5. The minimum atomic E-state index is -0.0716. The van der Waals surface area contributed by atoms with E-state index in [-0.39, 0.29) is 12.0 Å². The van der Waals surface area contributed by atoms with Crippen LogP contribution in [-0.4, -0.2) is 38.4 Å². The molecule has 1 aromatic carbocycles. The lowest BCUT2D eigenvalue weighted by atomic mass is 10.2. The molecule has 0 radical (unpaired) electrons. The average molecular weight is 251 g/mol. The van der Waals surface area contributed by atoms with Gasteiger partial charge in [-0.15, -0.1) is 0 Å². The lowest BCUT2D eigenvalue weighted by molar-refractivity contribution is 0.0204. The first kappa shape index (κ1) is 14.7. The zero-order valence-corrected chi connectivity index (χ0v) is 11.0. The summed E-state index contributed by atoms with van der Waals surface area (Å²) in [6, 6.07) is 9.14. The monoisotopic (exact) mass is 251 g/mol. The second-order valence-corrected chi connectivity index (χ2v) is 4.15. The van der Waals surface area contributed by atoms with E-state index in [2.05, 4.69) is 5.32 Å². The Bertz CT molecular complexity index is 338. The summed E-state index contributed by atoms with van der Waals surface area (Å²) in [5.41, 5.74) is 0.667. The van der Waals surface area contributed by atoms with E-state index in [0.29, 0.717) is 31.9 Å². The number of carbonyl (C=O) groups excluding carboxylic acids is 1. The highest BCUT2D eigenvalue weighted by Gasteiger charge is 2.02. The van der Waals surface area contributed by atoms with Crippen LogP contribution in [0.1, 0.15) is 24.2 Å². The van der Waals surface area contributed by atoms with Crippen LogP contribution in [0.4, 0.5) is 0 Å². The van der Waals surface area contributed by atoms with Gasteiger partial charge in [-0.05, 0) is 26.0 Å². The lowest BCUT2D eigenvalue weighted by Crippen LogP contribution is -2.27. The molecule has 1 amide bonds. The van der Waals surface area contributed by atoms with Crippen molar-refractivity contribution in [2.24, 2.45) is 0 Å². The molecule has 18 heavy (non-hydrogen) atoms. The molecule has 4 heteroatoms. The molecule has 1 aromatic rings. The summed E-state index contributed by atoms with van der Waals surface area (Å²) in [6.07, 6.45) is 0.228. The number of amides is 1. The quantitative estimate of drug-likeness (QED) is 0.717. The van der Waals surface area contributed by atoms with E-state index in [0.717, 1.165) is 0 Å². The van der Waals surface area contributed by atoms with E-state index >= 15 is 0 Å². The van der Waals surface area contributed by atoms with E-state index in [9.17, 15) is 4.79 Å². The Labute approximate surface area is 108 Å².